The van der Waals surface area contributed by atoms with Gasteiger partial charge in [-0.15, -0.1) is 0 Å². The largest absolute Gasteiger partial charge is 0.475 e. The van der Waals surface area contributed by atoms with Gasteiger partial charge < -0.3 is 9.52 Å². The van der Waals surface area contributed by atoms with Gasteiger partial charge in [0.15, 0.2) is 0 Å². The van der Waals surface area contributed by atoms with Crippen molar-refractivity contribution < 1.29 is 14.3 Å². The molecule has 0 fully saturated rings. The monoisotopic (exact) mass is 172 g/mol. The standard InChI is InChI=1S/C7H8O3S/c1-4-2-5(3-11)10-6(4)7(8)9/h2,11H,3H2,1H3,(H,8,9). The molecule has 1 aromatic rings. The molecule has 1 aromatic heterocycles. The Morgan fingerprint density at radius 1 is 1.82 bits per heavy atom. The Labute approximate surface area is 69.4 Å². The van der Waals surface area contributed by atoms with Crippen LogP contribution in [0.25, 0.3) is 0 Å². The van der Waals surface area contributed by atoms with Crippen LogP contribution in [-0.2, 0) is 5.75 Å². The van der Waals surface area contributed by atoms with Crippen LogP contribution in [0.3, 0.4) is 0 Å². The first kappa shape index (κ1) is 8.20. The predicted octanol–water partition coefficient (Wildman–Crippen LogP) is 1.72. The molecule has 0 atom stereocenters. The number of thiol groups is 1. The van der Waals surface area contributed by atoms with Gasteiger partial charge in [0.1, 0.15) is 5.76 Å². The van der Waals surface area contributed by atoms with E-state index in [1.54, 1.807) is 13.0 Å². The molecule has 4 heteroatoms. The van der Waals surface area contributed by atoms with Crippen LogP contribution >= 0.6 is 12.6 Å². The minimum atomic E-state index is -1.03. The first-order chi connectivity index (χ1) is 5.15. The fourth-order valence-electron chi connectivity index (χ4n) is 0.838. The number of furan rings is 1. The molecule has 0 saturated carbocycles. The number of carboxylic acids is 1. The van der Waals surface area contributed by atoms with Gasteiger partial charge in [0, 0.05) is 11.3 Å². The normalized spacial score (nSPS) is 10.0. The lowest BCUT2D eigenvalue weighted by molar-refractivity contribution is 0.0660. The second-order valence-electron chi connectivity index (χ2n) is 2.19. The molecule has 1 rings (SSSR count). The smallest absolute Gasteiger partial charge is 0.372 e. The Morgan fingerprint density at radius 2 is 2.45 bits per heavy atom. The lowest BCUT2D eigenvalue weighted by Crippen LogP contribution is -1.94. The average molecular weight is 172 g/mol. The second kappa shape index (κ2) is 3.00. The lowest BCUT2D eigenvalue weighted by atomic mass is 10.3. The van der Waals surface area contributed by atoms with Crippen LogP contribution in [0, 0.1) is 6.92 Å². The molecule has 0 aromatic carbocycles. The average Bonchev–Trinajstić information content (AvgIpc) is 2.30. The van der Waals surface area contributed by atoms with E-state index in [1.807, 2.05) is 0 Å². The number of aryl methyl sites for hydroxylation is 1. The van der Waals surface area contributed by atoms with E-state index >= 15 is 0 Å². The zero-order valence-corrected chi connectivity index (χ0v) is 6.89. The molecule has 0 saturated heterocycles. The van der Waals surface area contributed by atoms with Crippen LogP contribution in [0.4, 0.5) is 0 Å². The Balaban J connectivity index is 3.07. The maximum atomic E-state index is 10.4. The summed E-state index contributed by atoms with van der Waals surface area (Å²) in [4.78, 5) is 10.4. The van der Waals surface area contributed by atoms with Crippen molar-refractivity contribution in [2.75, 3.05) is 0 Å². The molecule has 60 valence electrons. The summed E-state index contributed by atoms with van der Waals surface area (Å²) in [6.07, 6.45) is 0. The van der Waals surface area contributed by atoms with Crippen LogP contribution in [0.15, 0.2) is 10.5 Å². The Hall–Kier alpha value is -0.900. The molecular weight excluding hydrogens is 164 g/mol. The van der Waals surface area contributed by atoms with Crippen molar-refractivity contribution in [2.45, 2.75) is 12.7 Å². The van der Waals surface area contributed by atoms with E-state index in [0.29, 0.717) is 17.1 Å². The van der Waals surface area contributed by atoms with Crippen LogP contribution in [0.5, 0.6) is 0 Å². The highest BCUT2D eigenvalue weighted by Crippen LogP contribution is 2.15. The van der Waals surface area contributed by atoms with Gasteiger partial charge in [-0.2, -0.15) is 12.6 Å². The van der Waals surface area contributed by atoms with Gasteiger partial charge >= 0.3 is 5.97 Å². The van der Waals surface area contributed by atoms with Gasteiger partial charge in [-0.25, -0.2) is 4.79 Å². The third-order valence-corrected chi connectivity index (χ3v) is 1.63. The molecule has 0 unspecified atom stereocenters. The Kier molecular flexibility index (Phi) is 2.24. The highest BCUT2D eigenvalue weighted by molar-refractivity contribution is 7.79. The minimum Gasteiger partial charge on any atom is -0.475 e. The molecule has 0 aliphatic carbocycles. The predicted molar refractivity (Wildman–Crippen MR) is 43.1 cm³/mol. The quantitative estimate of drug-likeness (QED) is 0.668. The number of hydrogen-bond donors (Lipinski definition) is 2. The summed E-state index contributed by atoms with van der Waals surface area (Å²) < 4.78 is 4.95. The Bertz CT molecular complexity index is 277. The van der Waals surface area contributed by atoms with Crippen molar-refractivity contribution in [3.05, 3.63) is 23.2 Å². The minimum absolute atomic E-state index is 0.00838. The summed E-state index contributed by atoms with van der Waals surface area (Å²) in [6, 6.07) is 1.68. The molecule has 3 nitrogen and oxygen atoms in total. The summed E-state index contributed by atoms with van der Waals surface area (Å²) in [5.74, 6) is -0.0125. The van der Waals surface area contributed by atoms with E-state index in [1.165, 1.54) is 0 Å². The van der Waals surface area contributed by atoms with Crippen molar-refractivity contribution in [2.24, 2.45) is 0 Å². The van der Waals surface area contributed by atoms with Gasteiger partial charge in [-0.1, -0.05) is 0 Å². The first-order valence-electron chi connectivity index (χ1n) is 3.08. The number of aromatic carboxylic acids is 1. The van der Waals surface area contributed by atoms with Gasteiger partial charge in [-0.05, 0) is 13.0 Å². The number of hydrogen-bond acceptors (Lipinski definition) is 3. The van der Waals surface area contributed by atoms with Crippen molar-refractivity contribution in [3.8, 4) is 0 Å². The van der Waals surface area contributed by atoms with Gasteiger partial charge in [-0.3, -0.25) is 0 Å². The molecular formula is C7H8O3S. The molecule has 11 heavy (non-hydrogen) atoms. The van der Waals surface area contributed by atoms with E-state index in [2.05, 4.69) is 12.6 Å². The first-order valence-corrected chi connectivity index (χ1v) is 3.72. The van der Waals surface area contributed by atoms with Gasteiger partial charge in [0.2, 0.25) is 5.76 Å². The summed E-state index contributed by atoms with van der Waals surface area (Å²) in [5.41, 5.74) is 0.640. The molecule has 0 bridgehead atoms. The van der Waals surface area contributed by atoms with E-state index in [0.717, 1.165) is 0 Å². The van der Waals surface area contributed by atoms with E-state index < -0.39 is 5.97 Å². The molecule has 0 spiro atoms. The third kappa shape index (κ3) is 1.57. The molecule has 0 aliphatic heterocycles. The number of rotatable bonds is 2. The fourth-order valence-corrected chi connectivity index (χ4v) is 0.994. The Morgan fingerprint density at radius 3 is 2.73 bits per heavy atom. The van der Waals surface area contributed by atoms with Gasteiger partial charge in [0.05, 0.1) is 0 Å². The third-order valence-electron chi connectivity index (χ3n) is 1.32. The fraction of sp³-hybridized carbons (Fsp3) is 0.286. The number of carboxylic acid groups (broad SMARTS) is 1. The summed E-state index contributed by atoms with van der Waals surface area (Å²) in [7, 11) is 0. The molecule has 1 N–H and O–H groups in total. The molecule has 0 amide bonds. The molecule has 0 aliphatic rings. The van der Waals surface area contributed by atoms with Gasteiger partial charge in [0.25, 0.3) is 0 Å². The second-order valence-corrected chi connectivity index (χ2v) is 2.50. The number of carbonyl (C=O) groups is 1. The molecule has 1 heterocycles. The lowest BCUT2D eigenvalue weighted by Gasteiger charge is -1.87. The summed E-state index contributed by atoms with van der Waals surface area (Å²) >= 11 is 3.95. The van der Waals surface area contributed by atoms with Crippen molar-refractivity contribution in [1.82, 2.24) is 0 Å². The summed E-state index contributed by atoms with van der Waals surface area (Å²) in [6.45, 7) is 1.69. The van der Waals surface area contributed by atoms with Crippen LogP contribution < -0.4 is 0 Å². The van der Waals surface area contributed by atoms with E-state index in [4.69, 9.17) is 9.52 Å². The topological polar surface area (TPSA) is 50.4 Å². The van der Waals surface area contributed by atoms with E-state index in [-0.39, 0.29) is 5.76 Å². The zero-order valence-electron chi connectivity index (χ0n) is 6.00. The maximum absolute atomic E-state index is 10.4. The van der Waals surface area contributed by atoms with Crippen LogP contribution in [-0.4, -0.2) is 11.1 Å². The highest BCUT2D eigenvalue weighted by atomic mass is 32.1. The van der Waals surface area contributed by atoms with Crippen LogP contribution in [0.2, 0.25) is 0 Å². The summed E-state index contributed by atoms with van der Waals surface area (Å²) in [5, 5.41) is 8.56. The zero-order chi connectivity index (χ0) is 8.43. The maximum Gasteiger partial charge on any atom is 0.372 e. The van der Waals surface area contributed by atoms with Crippen LogP contribution in [0.1, 0.15) is 21.9 Å². The van der Waals surface area contributed by atoms with Crippen molar-refractivity contribution in [1.29, 1.82) is 0 Å². The van der Waals surface area contributed by atoms with Crippen molar-refractivity contribution in [3.63, 3.8) is 0 Å². The van der Waals surface area contributed by atoms with E-state index in [9.17, 15) is 4.79 Å². The highest BCUT2D eigenvalue weighted by Gasteiger charge is 2.12. The SMILES string of the molecule is Cc1cc(CS)oc1C(=O)O. The van der Waals surface area contributed by atoms with Crippen molar-refractivity contribution >= 4 is 18.6 Å². The molecule has 0 radical (unpaired) electrons.